The van der Waals surface area contributed by atoms with Gasteiger partial charge in [-0.2, -0.15) is 0 Å². The Labute approximate surface area is 467 Å². The van der Waals surface area contributed by atoms with Crippen LogP contribution in [0.5, 0.6) is 0 Å². The molecule has 2 aliphatic heterocycles. The second-order valence-electron chi connectivity index (χ2n) is 21.1. The number of para-hydroxylation sites is 1. The Balaban J connectivity index is 0.681. The molecule has 2 aromatic carbocycles. The van der Waals surface area contributed by atoms with Crippen LogP contribution in [0.2, 0.25) is 0 Å². The molecular weight excluding hydrogens is 1030 g/mol. The third kappa shape index (κ3) is 17.8. The summed E-state index contributed by atoms with van der Waals surface area (Å²) in [6.45, 7) is 19.1. The Kier molecular flexibility index (Phi) is 23.4. The van der Waals surface area contributed by atoms with Gasteiger partial charge in [0.25, 0.3) is 5.91 Å². The van der Waals surface area contributed by atoms with Crippen molar-refractivity contribution in [3.63, 3.8) is 0 Å². The molecule has 2 fully saturated rings. The van der Waals surface area contributed by atoms with Crippen molar-refractivity contribution in [2.75, 3.05) is 110 Å². The molecule has 0 bridgehead atoms. The van der Waals surface area contributed by atoms with Crippen LogP contribution in [0.1, 0.15) is 92.8 Å². The molecule has 5 heterocycles. The van der Waals surface area contributed by atoms with Crippen LogP contribution in [-0.2, 0) is 44.5 Å². The van der Waals surface area contributed by atoms with Gasteiger partial charge >= 0.3 is 0 Å². The molecule has 0 aliphatic carbocycles. The van der Waals surface area contributed by atoms with E-state index < -0.39 is 35.4 Å². The van der Waals surface area contributed by atoms with Crippen molar-refractivity contribution >= 4 is 62.3 Å². The molecule has 4 amide bonds. The van der Waals surface area contributed by atoms with Crippen LogP contribution in [0.15, 0.2) is 66.4 Å². The van der Waals surface area contributed by atoms with Gasteiger partial charge in [0, 0.05) is 68.8 Å². The number of carbonyl (C=O) groups is 4. The number of β-amino-alcohol motifs (C(OH)–C–C–N with tert-alkyl or cyclic N) is 1. The molecule has 3 unspecified atom stereocenters. The van der Waals surface area contributed by atoms with Gasteiger partial charge in [-0.3, -0.25) is 24.1 Å². The van der Waals surface area contributed by atoms with E-state index >= 15 is 0 Å². The minimum Gasteiger partial charge on any atom is -0.391 e. The summed E-state index contributed by atoms with van der Waals surface area (Å²) in [5, 5.41) is 21.9. The molecule has 2 aliphatic rings. The van der Waals surface area contributed by atoms with Gasteiger partial charge in [-0.05, 0) is 54.9 Å². The number of aryl methyl sites for hydroxylation is 1. The first kappa shape index (κ1) is 60.3. The fraction of sp³-hybridized carbons (Fsp3) is 0.579. The van der Waals surface area contributed by atoms with E-state index in [2.05, 4.69) is 72.0 Å². The molecule has 0 spiro atoms. The van der Waals surface area contributed by atoms with E-state index in [0.29, 0.717) is 51.1 Å². The van der Waals surface area contributed by atoms with Crippen molar-refractivity contribution in [1.82, 2.24) is 40.7 Å². The van der Waals surface area contributed by atoms with Gasteiger partial charge in [0.2, 0.25) is 17.7 Å². The minimum absolute atomic E-state index is 0.0191. The number of anilines is 1. The molecule has 5 aromatic rings. The third-order valence-electron chi connectivity index (χ3n) is 14.1. The molecule has 0 radical (unpaired) electrons. The molecule has 5 N–H and O–H groups in total. The first-order valence-corrected chi connectivity index (χ1v) is 29.1. The number of thiazole rings is 2. The quantitative estimate of drug-likeness (QED) is 0.0314. The zero-order valence-corrected chi connectivity index (χ0v) is 47.9. The van der Waals surface area contributed by atoms with E-state index in [-0.39, 0.29) is 56.7 Å². The number of amides is 4. The Hall–Kier alpha value is -5.36. The van der Waals surface area contributed by atoms with Crippen LogP contribution in [-0.4, -0.2) is 183 Å². The number of ether oxygens (including phenoxy) is 5. The SMILES string of the molecule is CCCCC(Cc1c[nH]c2ccccc12)NC(=O)c1cnc(N2CCN(CCOCCOCCOCCOCCOCC(=O)NC(C(=O)N3C[C@H](O)C[C@H]3C(=O)NC(C)c3ccc(-c4scnc4C)cc3)C(C)(C)C)CC2)s1. The summed E-state index contributed by atoms with van der Waals surface area (Å²) in [5.41, 5.74) is 6.36. The third-order valence-corrected chi connectivity index (χ3v) is 16.1. The van der Waals surface area contributed by atoms with Crippen molar-refractivity contribution in [2.45, 2.75) is 104 Å². The minimum atomic E-state index is -0.968. The highest BCUT2D eigenvalue weighted by atomic mass is 32.1. The van der Waals surface area contributed by atoms with Crippen LogP contribution in [0.25, 0.3) is 21.3 Å². The number of nitrogens with zero attached hydrogens (tertiary/aromatic N) is 5. The lowest BCUT2D eigenvalue weighted by molar-refractivity contribution is -0.144. The largest absolute Gasteiger partial charge is 0.391 e. The van der Waals surface area contributed by atoms with Gasteiger partial charge in [-0.15, -0.1) is 11.3 Å². The van der Waals surface area contributed by atoms with Crippen LogP contribution in [0.4, 0.5) is 5.13 Å². The highest BCUT2D eigenvalue weighted by Gasteiger charge is 2.45. The number of aromatic amines is 1. The average molecular weight is 1120 g/mol. The Morgan fingerprint density at radius 1 is 0.846 bits per heavy atom. The summed E-state index contributed by atoms with van der Waals surface area (Å²) in [6.07, 6.45) is 6.82. The number of nitrogens with one attached hydrogen (secondary N) is 4. The molecule has 78 heavy (non-hydrogen) atoms. The molecular formula is C57H81N9O10S2. The zero-order valence-electron chi connectivity index (χ0n) is 46.3. The number of aromatic nitrogens is 3. The fourth-order valence-electron chi connectivity index (χ4n) is 9.63. The molecule has 0 saturated carbocycles. The maximum absolute atomic E-state index is 14.0. The zero-order chi connectivity index (χ0) is 55.4. The van der Waals surface area contributed by atoms with Crippen molar-refractivity contribution in [2.24, 2.45) is 5.41 Å². The van der Waals surface area contributed by atoms with Crippen LogP contribution in [0, 0.1) is 12.3 Å². The van der Waals surface area contributed by atoms with Gasteiger partial charge in [-0.1, -0.05) is 94.3 Å². The Bertz CT molecular complexity index is 2650. The van der Waals surface area contributed by atoms with Crippen molar-refractivity contribution in [1.29, 1.82) is 0 Å². The standard InChI is InChI=1S/C57H81N9O10S2/c1-7-8-11-44(32-43-34-58-47-13-10-9-12-46(43)47)62-54(70)49-35-59-56(78-49)65-20-18-64(19-21-65)22-23-72-24-25-73-26-27-74-28-29-75-30-31-76-37-50(68)63-52(57(4,5)6)55(71)66-36-45(67)33-48(66)53(69)61-39(2)41-14-16-42(17-15-41)51-40(3)60-38-77-51/h9-10,12-17,34-35,38-39,44-45,48,52,58,67H,7-8,11,18-33,36-37H2,1-6H3,(H,61,69)(H,62,70)(H,63,68)/t39?,44?,45-,48+,52?/m1/s1. The summed E-state index contributed by atoms with van der Waals surface area (Å²) in [4.78, 5) is 74.2. The van der Waals surface area contributed by atoms with Gasteiger partial charge in [0.05, 0.1) is 93.9 Å². The number of likely N-dealkylation sites (tertiary alicyclic amines) is 1. The number of hydrogen-bond acceptors (Lipinski definition) is 16. The molecule has 426 valence electrons. The number of piperazine rings is 1. The van der Waals surface area contributed by atoms with E-state index in [1.165, 1.54) is 27.2 Å². The monoisotopic (exact) mass is 1120 g/mol. The molecule has 21 heteroatoms. The number of H-pyrrole nitrogens is 1. The fourth-order valence-corrected chi connectivity index (χ4v) is 11.3. The maximum atomic E-state index is 14.0. The van der Waals surface area contributed by atoms with Gasteiger partial charge in [-0.25, -0.2) is 9.97 Å². The first-order valence-electron chi connectivity index (χ1n) is 27.4. The Morgan fingerprint density at radius 2 is 1.51 bits per heavy atom. The highest BCUT2D eigenvalue weighted by molar-refractivity contribution is 7.17. The topological polar surface area (TPSA) is 222 Å². The highest BCUT2D eigenvalue weighted by Crippen LogP contribution is 2.30. The molecule has 7 rings (SSSR count). The number of aliphatic hydroxyl groups excluding tert-OH is 1. The second-order valence-corrected chi connectivity index (χ2v) is 23.0. The molecule has 3 aromatic heterocycles. The number of rotatable bonds is 31. The molecule has 5 atom stereocenters. The van der Waals surface area contributed by atoms with Crippen LogP contribution in [0.3, 0.4) is 0 Å². The lowest BCUT2D eigenvalue weighted by Gasteiger charge is -2.35. The summed E-state index contributed by atoms with van der Waals surface area (Å²) in [6, 6.07) is 14.1. The number of fused-ring (bicyclic) bond motifs is 1. The Morgan fingerprint density at radius 3 is 2.17 bits per heavy atom. The smallest absolute Gasteiger partial charge is 0.263 e. The second kappa shape index (κ2) is 30.3. The summed E-state index contributed by atoms with van der Waals surface area (Å²) in [5.74, 6) is -1.35. The number of aliphatic hydroxyl groups is 1. The number of unbranched alkanes of at least 4 members (excludes halogenated alkanes) is 1. The summed E-state index contributed by atoms with van der Waals surface area (Å²) < 4.78 is 28.3. The van der Waals surface area contributed by atoms with E-state index in [4.69, 9.17) is 23.7 Å². The van der Waals surface area contributed by atoms with Gasteiger partial charge in [0.15, 0.2) is 5.13 Å². The lowest BCUT2D eigenvalue weighted by atomic mass is 9.85. The number of hydrogen-bond donors (Lipinski definition) is 5. The van der Waals surface area contributed by atoms with Gasteiger partial charge in [0.1, 0.15) is 23.6 Å². The lowest BCUT2D eigenvalue weighted by Crippen LogP contribution is -2.58. The van der Waals surface area contributed by atoms with E-state index in [1.54, 1.807) is 17.5 Å². The predicted molar refractivity (Wildman–Crippen MR) is 304 cm³/mol. The van der Waals surface area contributed by atoms with E-state index in [0.717, 1.165) is 90.8 Å². The van der Waals surface area contributed by atoms with E-state index in [1.807, 2.05) is 70.5 Å². The van der Waals surface area contributed by atoms with Crippen molar-refractivity contribution < 1.29 is 48.0 Å². The van der Waals surface area contributed by atoms with Crippen molar-refractivity contribution in [3.05, 3.63) is 88.1 Å². The number of carbonyl (C=O) groups excluding carboxylic acids is 4. The van der Waals surface area contributed by atoms with E-state index in [9.17, 15) is 24.3 Å². The van der Waals surface area contributed by atoms with Crippen LogP contribution < -0.4 is 20.9 Å². The van der Waals surface area contributed by atoms with Crippen LogP contribution >= 0.6 is 22.7 Å². The average Bonchev–Trinajstić information content (AvgIpc) is 4.27. The molecule has 19 nitrogen and oxygen atoms in total. The van der Waals surface area contributed by atoms with Gasteiger partial charge < -0.3 is 59.5 Å². The summed E-state index contributed by atoms with van der Waals surface area (Å²) in [7, 11) is 0. The van der Waals surface area contributed by atoms with Crippen molar-refractivity contribution in [3.8, 4) is 10.4 Å². The molecule has 2 saturated heterocycles. The maximum Gasteiger partial charge on any atom is 0.263 e. The number of benzene rings is 2. The summed E-state index contributed by atoms with van der Waals surface area (Å²) >= 11 is 3.03. The first-order chi connectivity index (χ1) is 37.7. The normalized spacial score (nSPS) is 17.3. The predicted octanol–water partition coefficient (Wildman–Crippen LogP) is 6.16.